The summed E-state index contributed by atoms with van der Waals surface area (Å²) in [5.74, 6) is 0.887. The highest BCUT2D eigenvalue weighted by Crippen LogP contribution is 2.14. The Morgan fingerprint density at radius 3 is 2.55 bits per heavy atom. The summed E-state index contributed by atoms with van der Waals surface area (Å²) in [5, 5.41) is 6.73. The maximum atomic E-state index is 4.26. The van der Waals surface area contributed by atoms with Crippen LogP contribution >= 0.6 is 35.3 Å². The summed E-state index contributed by atoms with van der Waals surface area (Å²) in [4.78, 5) is 9.33. The average Bonchev–Trinajstić information content (AvgIpc) is 2.87. The van der Waals surface area contributed by atoms with Crippen molar-refractivity contribution >= 4 is 41.3 Å². The second kappa shape index (κ2) is 12.1. The number of halogens is 1. The van der Waals surface area contributed by atoms with Gasteiger partial charge in [-0.1, -0.05) is 0 Å². The first-order valence-electron chi connectivity index (χ1n) is 7.73. The molecule has 0 fully saturated rings. The normalized spacial score (nSPS) is 11.7. The van der Waals surface area contributed by atoms with Crippen LogP contribution in [0.25, 0.3) is 0 Å². The number of aryl methyl sites for hydroxylation is 1. The minimum Gasteiger partial charge on any atom is -0.356 e. The molecule has 0 aliphatic carbocycles. The van der Waals surface area contributed by atoms with Gasteiger partial charge in [-0.25, -0.2) is 0 Å². The van der Waals surface area contributed by atoms with Crippen LogP contribution in [0.4, 0.5) is 0 Å². The molecule has 0 radical (unpaired) electrons. The van der Waals surface area contributed by atoms with E-state index in [4.69, 9.17) is 0 Å². The molecular weight excluding hydrogens is 407 g/mol. The lowest BCUT2D eigenvalue weighted by atomic mass is 10.2. The van der Waals surface area contributed by atoms with Crippen LogP contribution in [0.15, 0.2) is 17.1 Å². The lowest BCUT2D eigenvalue weighted by Crippen LogP contribution is -2.37. The van der Waals surface area contributed by atoms with Crippen LogP contribution < -0.4 is 10.6 Å². The van der Waals surface area contributed by atoms with Crippen LogP contribution in [0.5, 0.6) is 0 Å². The van der Waals surface area contributed by atoms with Crippen LogP contribution in [0.3, 0.4) is 0 Å². The van der Waals surface area contributed by atoms with Gasteiger partial charge in [-0.3, -0.25) is 4.99 Å². The van der Waals surface area contributed by atoms with E-state index in [1.807, 2.05) is 18.4 Å². The van der Waals surface area contributed by atoms with E-state index in [1.165, 1.54) is 16.2 Å². The molecule has 0 unspecified atom stereocenters. The number of nitrogens with zero attached hydrogens (tertiary/aromatic N) is 2. The van der Waals surface area contributed by atoms with Crippen LogP contribution in [0.1, 0.15) is 36.4 Å². The Labute approximate surface area is 156 Å². The standard InChI is InChI=1S/C16H30N4S.HI/c1-13(2)20(5)11-7-6-10-18-16(17-4)19-12-15-9-8-14(3)21-15;/h8-9,13H,6-7,10-12H2,1-5H3,(H2,17,18,19);1H. The van der Waals surface area contributed by atoms with Gasteiger partial charge in [0.1, 0.15) is 0 Å². The van der Waals surface area contributed by atoms with Crippen molar-refractivity contribution in [1.82, 2.24) is 15.5 Å². The first-order chi connectivity index (χ1) is 10.0. The number of guanidine groups is 1. The molecule has 128 valence electrons. The van der Waals surface area contributed by atoms with Crippen molar-refractivity contribution in [2.45, 2.75) is 46.2 Å². The third-order valence-electron chi connectivity index (χ3n) is 3.56. The molecule has 0 saturated carbocycles. The largest absolute Gasteiger partial charge is 0.356 e. The fraction of sp³-hybridized carbons (Fsp3) is 0.688. The van der Waals surface area contributed by atoms with E-state index < -0.39 is 0 Å². The fourth-order valence-electron chi connectivity index (χ4n) is 1.92. The summed E-state index contributed by atoms with van der Waals surface area (Å²) in [6.45, 7) is 9.56. The number of rotatable bonds is 8. The van der Waals surface area contributed by atoms with Gasteiger partial charge in [0.05, 0.1) is 6.54 Å². The molecule has 22 heavy (non-hydrogen) atoms. The highest BCUT2D eigenvalue weighted by atomic mass is 127. The van der Waals surface area contributed by atoms with Gasteiger partial charge in [-0.15, -0.1) is 35.3 Å². The molecule has 1 rings (SSSR count). The second-order valence-corrected chi connectivity index (χ2v) is 7.02. The quantitative estimate of drug-likeness (QED) is 0.283. The Morgan fingerprint density at radius 1 is 1.27 bits per heavy atom. The Bertz CT molecular complexity index is 432. The molecule has 0 aliphatic heterocycles. The Hall–Kier alpha value is -0.340. The molecule has 2 N–H and O–H groups in total. The van der Waals surface area contributed by atoms with Crippen LogP contribution in [-0.4, -0.2) is 44.1 Å². The predicted molar refractivity (Wildman–Crippen MR) is 110 cm³/mol. The second-order valence-electron chi connectivity index (χ2n) is 5.65. The van der Waals surface area contributed by atoms with E-state index in [0.29, 0.717) is 6.04 Å². The summed E-state index contributed by atoms with van der Waals surface area (Å²) < 4.78 is 0. The third kappa shape index (κ3) is 8.95. The molecular formula is C16H31IN4S. The molecule has 6 heteroatoms. The molecule has 0 atom stereocenters. The van der Waals surface area contributed by atoms with Gasteiger partial charge in [0.25, 0.3) is 0 Å². The highest BCUT2D eigenvalue weighted by molar-refractivity contribution is 14.0. The summed E-state index contributed by atoms with van der Waals surface area (Å²) in [6, 6.07) is 4.95. The summed E-state index contributed by atoms with van der Waals surface area (Å²) in [7, 11) is 4.00. The van der Waals surface area contributed by atoms with Crippen LogP contribution in [0.2, 0.25) is 0 Å². The molecule has 0 bridgehead atoms. The van der Waals surface area contributed by atoms with E-state index in [9.17, 15) is 0 Å². The van der Waals surface area contributed by atoms with E-state index in [2.05, 4.69) is 60.5 Å². The van der Waals surface area contributed by atoms with Gasteiger partial charge in [0, 0.05) is 29.4 Å². The van der Waals surface area contributed by atoms with Crippen molar-refractivity contribution in [2.24, 2.45) is 4.99 Å². The Morgan fingerprint density at radius 2 is 2.00 bits per heavy atom. The minimum absolute atomic E-state index is 0. The Kier molecular flexibility index (Phi) is 11.9. The zero-order valence-corrected chi connectivity index (χ0v) is 17.6. The molecule has 1 aromatic rings. The van der Waals surface area contributed by atoms with Gasteiger partial charge in [-0.05, 0) is 59.3 Å². The molecule has 1 aromatic heterocycles. The minimum atomic E-state index is 0. The van der Waals surface area contributed by atoms with Crippen molar-refractivity contribution in [3.05, 3.63) is 21.9 Å². The molecule has 0 amide bonds. The maximum absolute atomic E-state index is 4.26. The Balaban J connectivity index is 0.00000441. The average molecular weight is 438 g/mol. The summed E-state index contributed by atoms with van der Waals surface area (Å²) >= 11 is 1.83. The van der Waals surface area contributed by atoms with Gasteiger partial charge in [-0.2, -0.15) is 0 Å². The van der Waals surface area contributed by atoms with Crippen molar-refractivity contribution in [1.29, 1.82) is 0 Å². The topological polar surface area (TPSA) is 39.7 Å². The number of hydrogen-bond donors (Lipinski definition) is 2. The van der Waals surface area contributed by atoms with Gasteiger partial charge in [0.15, 0.2) is 5.96 Å². The highest BCUT2D eigenvalue weighted by Gasteiger charge is 2.03. The molecule has 1 heterocycles. The molecule has 0 aliphatic rings. The predicted octanol–water partition coefficient (Wildman–Crippen LogP) is 3.46. The fourth-order valence-corrected chi connectivity index (χ4v) is 2.75. The SMILES string of the molecule is CN=C(NCCCCN(C)C(C)C)NCc1ccc(C)s1.I. The van der Waals surface area contributed by atoms with Crippen LogP contribution in [0, 0.1) is 6.92 Å². The smallest absolute Gasteiger partial charge is 0.191 e. The molecule has 0 saturated heterocycles. The lowest BCUT2D eigenvalue weighted by Gasteiger charge is -2.20. The van der Waals surface area contributed by atoms with E-state index in [0.717, 1.165) is 32.0 Å². The number of aliphatic imine (C=N–C) groups is 1. The molecule has 0 spiro atoms. The van der Waals surface area contributed by atoms with Gasteiger partial charge in [0.2, 0.25) is 0 Å². The number of hydrogen-bond acceptors (Lipinski definition) is 3. The summed E-state index contributed by atoms with van der Waals surface area (Å²) in [6.07, 6.45) is 2.37. The van der Waals surface area contributed by atoms with Crippen molar-refractivity contribution in [3.63, 3.8) is 0 Å². The van der Waals surface area contributed by atoms with Crippen molar-refractivity contribution in [2.75, 3.05) is 27.2 Å². The first-order valence-corrected chi connectivity index (χ1v) is 8.54. The third-order valence-corrected chi connectivity index (χ3v) is 4.56. The lowest BCUT2D eigenvalue weighted by molar-refractivity contribution is 0.268. The monoisotopic (exact) mass is 438 g/mol. The van der Waals surface area contributed by atoms with E-state index in [-0.39, 0.29) is 24.0 Å². The zero-order chi connectivity index (χ0) is 15.7. The van der Waals surface area contributed by atoms with Crippen molar-refractivity contribution < 1.29 is 0 Å². The first kappa shape index (κ1) is 21.7. The maximum Gasteiger partial charge on any atom is 0.191 e. The zero-order valence-electron chi connectivity index (χ0n) is 14.5. The summed E-state index contributed by atoms with van der Waals surface area (Å²) in [5.41, 5.74) is 0. The number of unbranched alkanes of at least 4 members (excludes halogenated alkanes) is 1. The van der Waals surface area contributed by atoms with Crippen LogP contribution in [-0.2, 0) is 6.54 Å². The molecule has 4 nitrogen and oxygen atoms in total. The number of nitrogens with one attached hydrogen (secondary N) is 2. The van der Waals surface area contributed by atoms with Crippen molar-refractivity contribution in [3.8, 4) is 0 Å². The van der Waals surface area contributed by atoms with E-state index in [1.54, 1.807) is 0 Å². The van der Waals surface area contributed by atoms with Gasteiger partial charge < -0.3 is 15.5 Å². The molecule has 0 aromatic carbocycles. The van der Waals surface area contributed by atoms with Gasteiger partial charge >= 0.3 is 0 Å². The number of thiophene rings is 1. The van der Waals surface area contributed by atoms with E-state index >= 15 is 0 Å².